The summed E-state index contributed by atoms with van der Waals surface area (Å²) in [6, 6.07) is 17.7. The van der Waals surface area contributed by atoms with E-state index >= 15 is 0 Å². The van der Waals surface area contributed by atoms with E-state index in [-0.39, 0.29) is 17.9 Å². The number of benzene rings is 3. The van der Waals surface area contributed by atoms with Gasteiger partial charge in [-0.2, -0.15) is 0 Å². The molecule has 0 radical (unpaired) electrons. The molecule has 2 aromatic heterocycles. The molecule has 2 amide bonds. The van der Waals surface area contributed by atoms with Crippen LogP contribution in [0.15, 0.2) is 73.1 Å². The van der Waals surface area contributed by atoms with Gasteiger partial charge in [0, 0.05) is 45.3 Å². The Balaban J connectivity index is 1.54. The minimum Gasteiger partial charge on any atom is -0.508 e. The summed E-state index contributed by atoms with van der Waals surface area (Å²) < 4.78 is 10.6. The molecule has 0 bridgehead atoms. The lowest BCUT2D eigenvalue weighted by Gasteiger charge is -2.15. The lowest BCUT2D eigenvalue weighted by atomic mass is 9.95. The van der Waals surface area contributed by atoms with Crippen LogP contribution in [0, 0.1) is 0 Å². The highest BCUT2D eigenvalue weighted by Gasteiger charge is 2.41. The fourth-order valence-electron chi connectivity index (χ4n) is 4.88. The second-order valence-corrected chi connectivity index (χ2v) is 8.84. The number of hydrogen-bond acceptors (Lipinski definition) is 5. The van der Waals surface area contributed by atoms with Crippen LogP contribution >= 0.6 is 0 Å². The predicted octanol–water partition coefficient (Wildman–Crippen LogP) is 4.85. The van der Waals surface area contributed by atoms with Gasteiger partial charge in [-0.1, -0.05) is 12.1 Å². The van der Waals surface area contributed by atoms with Gasteiger partial charge in [0.25, 0.3) is 11.8 Å². The number of H-pyrrole nitrogens is 2. The van der Waals surface area contributed by atoms with Gasteiger partial charge in [-0.3, -0.25) is 14.5 Å². The number of fused-ring (bicyclic) bond motifs is 2. The molecular weight excluding hydrogens is 470 g/mol. The number of nitrogens with one attached hydrogen (secondary N) is 2. The maximum atomic E-state index is 14.0. The molecule has 8 nitrogen and oxygen atoms in total. The molecule has 1 aliphatic heterocycles. The van der Waals surface area contributed by atoms with Crippen LogP contribution in [0.1, 0.15) is 16.7 Å². The average molecular weight is 494 g/mol. The lowest BCUT2D eigenvalue weighted by Crippen LogP contribution is -2.30. The Morgan fingerprint density at radius 2 is 1.27 bits per heavy atom. The number of aromatic amines is 2. The van der Waals surface area contributed by atoms with Crippen molar-refractivity contribution in [3.05, 3.63) is 89.7 Å². The van der Waals surface area contributed by atoms with E-state index in [9.17, 15) is 14.7 Å². The maximum absolute atomic E-state index is 14.0. The third-order valence-corrected chi connectivity index (χ3v) is 6.76. The van der Waals surface area contributed by atoms with Crippen LogP contribution in [0.3, 0.4) is 0 Å². The number of carbonyl (C=O) groups is 2. The summed E-state index contributed by atoms with van der Waals surface area (Å²) in [6.45, 7) is 0.105. The molecule has 3 aromatic carbocycles. The highest BCUT2D eigenvalue weighted by atomic mass is 16.5. The van der Waals surface area contributed by atoms with Crippen LogP contribution in [0.2, 0.25) is 0 Å². The van der Waals surface area contributed by atoms with Crippen LogP contribution < -0.4 is 9.47 Å². The van der Waals surface area contributed by atoms with Crippen molar-refractivity contribution < 1.29 is 24.2 Å². The number of phenols is 1. The van der Waals surface area contributed by atoms with E-state index in [1.54, 1.807) is 56.9 Å². The zero-order chi connectivity index (χ0) is 25.7. The second-order valence-electron chi connectivity index (χ2n) is 8.84. The molecule has 3 N–H and O–H groups in total. The maximum Gasteiger partial charge on any atom is 0.262 e. The monoisotopic (exact) mass is 493 g/mol. The fraction of sp³-hybridized carbons (Fsp3) is 0.103. The number of amides is 2. The van der Waals surface area contributed by atoms with E-state index in [4.69, 9.17) is 9.47 Å². The Hall–Kier alpha value is -4.98. The summed E-state index contributed by atoms with van der Waals surface area (Å²) in [5, 5.41) is 11.6. The van der Waals surface area contributed by atoms with E-state index in [1.165, 1.54) is 4.90 Å². The van der Waals surface area contributed by atoms with Crippen molar-refractivity contribution in [2.75, 3.05) is 14.2 Å². The Morgan fingerprint density at radius 3 is 1.86 bits per heavy atom. The molecular formula is C29H23N3O5. The van der Waals surface area contributed by atoms with Gasteiger partial charge in [-0.25, -0.2) is 0 Å². The van der Waals surface area contributed by atoms with Crippen LogP contribution in [0.25, 0.3) is 33.0 Å². The van der Waals surface area contributed by atoms with E-state index < -0.39 is 11.8 Å². The van der Waals surface area contributed by atoms with E-state index in [2.05, 4.69) is 9.97 Å². The van der Waals surface area contributed by atoms with Crippen molar-refractivity contribution in [1.29, 1.82) is 0 Å². The molecule has 6 rings (SSSR count). The van der Waals surface area contributed by atoms with Gasteiger partial charge >= 0.3 is 0 Å². The highest BCUT2D eigenvalue weighted by Crippen LogP contribution is 2.42. The number of imide groups is 1. The van der Waals surface area contributed by atoms with Crippen molar-refractivity contribution in [3.8, 4) is 17.2 Å². The number of carbonyl (C=O) groups excluding carboxylic acids is 2. The van der Waals surface area contributed by atoms with Gasteiger partial charge in [-0.05, 0) is 54.1 Å². The molecule has 0 atom stereocenters. The molecule has 0 spiro atoms. The molecule has 5 aromatic rings. The topological polar surface area (TPSA) is 108 Å². The lowest BCUT2D eigenvalue weighted by molar-refractivity contribution is -0.136. The van der Waals surface area contributed by atoms with Crippen LogP contribution in [-0.2, 0) is 16.1 Å². The summed E-state index contributed by atoms with van der Waals surface area (Å²) in [5.41, 5.74) is 4.08. The first-order valence-electron chi connectivity index (χ1n) is 11.7. The Labute approximate surface area is 211 Å². The zero-order valence-corrected chi connectivity index (χ0v) is 20.2. The third-order valence-electron chi connectivity index (χ3n) is 6.76. The standard InChI is InChI=1S/C29H23N3O5/c1-36-18-6-3-16(4-7-18)15-32-28(34)26(22-13-30-24-9-5-17(33)11-20(22)24)27(29(32)35)23-14-31-25-10-8-19(37-2)12-21(23)25/h3-14,30-31,33H,15H2,1-2H3. The molecule has 3 heterocycles. The van der Waals surface area contributed by atoms with Gasteiger partial charge in [-0.15, -0.1) is 0 Å². The van der Waals surface area contributed by atoms with Crippen molar-refractivity contribution in [2.45, 2.75) is 6.54 Å². The normalized spacial score (nSPS) is 13.8. The number of ether oxygens (including phenoxy) is 2. The smallest absolute Gasteiger partial charge is 0.262 e. The molecule has 0 saturated carbocycles. The van der Waals surface area contributed by atoms with E-state index in [0.29, 0.717) is 33.6 Å². The predicted molar refractivity (Wildman–Crippen MR) is 140 cm³/mol. The van der Waals surface area contributed by atoms with Crippen molar-refractivity contribution in [3.63, 3.8) is 0 Å². The van der Waals surface area contributed by atoms with Crippen LogP contribution in [0.4, 0.5) is 0 Å². The first-order valence-corrected chi connectivity index (χ1v) is 11.7. The largest absolute Gasteiger partial charge is 0.508 e. The molecule has 1 aliphatic rings. The summed E-state index contributed by atoms with van der Waals surface area (Å²) in [6.07, 6.45) is 3.45. The fourth-order valence-corrected chi connectivity index (χ4v) is 4.88. The van der Waals surface area contributed by atoms with Gasteiger partial charge in [0.1, 0.15) is 17.2 Å². The molecule has 0 saturated heterocycles. The first kappa shape index (κ1) is 22.5. The van der Waals surface area contributed by atoms with Crippen LogP contribution in [-0.4, -0.2) is 46.0 Å². The molecule has 8 heteroatoms. The molecule has 0 unspecified atom stereocenters. The summed E-state index contributed by atoms with van der Waals surface area (Å²) in [7, 11) is 3.16. The summed E-state index contributed by atoms with van der Waals surface area (Å²) >= 11 is 0. The van der Waals surface area contributed by atoms with Gasteiger partial charge in [0.05, 0.1) is 31.9 Å². The minimum absolute atomic E-state index is 0.0687. The molecule has 184 valence electrons. The van der Waals surface area contributed by atoms with Crippen molar-refractivity contribution >= 4 is 44.8 Å². The van der Waals surface area contributed by atoms with Gasteiger partial charge in [0.15, 0.2) is 0 Å². The van der Waals surface area contributed by atoms with Crippen molar-refractivity contribution in [1.82, 2.24) is 14.9 Å². The van der Waals surface area contributed by atoms with E-state index in [1.807, 2.05) is 30.3 Å². The van der Waals surface area contributed by atoms with Crippen molar-refractivity contribution in [2.24, 2.45) is 0 Å². The van der Waals surface area contributed by atoms with E-state index in [0.717, 1.165) is 22.0 Å². The van der Waals surface area contributed by atoms with Gasteiger partial charge < -0.3 is 24.5 Å². The first-order chi connectivity index (χ1) is 18.0. The number of aromatic nitrogens is 2. The zero-order valence-electron chi connectivity index (χ0n) is 20.2. The SMILES string of the molecule is COc1ccc(CN2C(=O)C(c3c[nH]c4ccc(O)cc34)=C(c3c[nH]c4ccc(OC)cc34)C2=O)cc1. The third kappa shape index (κ3) is 3.61. The highest BCUT2D eigenvalue weighted by molar-refractivity contribution is 6.50. The Kier molecular flexibility index (Phi) is 5.22. The number of methoxy groups -OCH3 is 2. The molecule has 0 aliphatic carbocycles. The quantitative estimate of drug-likeness (QED) is 0.293. The number of phenolic OH excluding ortho intramolecular Hbond substituents is 1. The number of nitrogens with zero attached hydrogens (tertiary/aromatic N) is 1. The average Bonchev–Trinajstić information content (AvgIpc) is 3.58. The Bertz CT molecular complexity index is 1730. The molecule has 0 fully saturated rings. The molecule has 37 heavy (non-hydrogen) atoms. The van der Waals surface area contributed by atoms with Gasteiger partial charge in [0.2, 0.25) is 0 Å². The summed E-state index contributed by atoms with van der Waals surface area (Å²) in [5.74, 6) is 0.596. The minimum atomic E-state index is -0.405. The summed E-state index contributed by atoms with van der Waals surface area (Å²) in [4.78, 5) is 35.5. The number of aromatic hydroxyl groups is 1. The number of rotatable bonds is 6. The Morgan fingerprint density at radius 1 is 0.730 bits per heavy atom. The second kappa shape index (κ2) is 8.60. The van der Waals surface area contributed by atoms with Crippen LogP contribution in [0.5, 0.6) is 17.2 Å². The number of hydrogen-bond donors (Lipinski definition) is 3.